The summed E-state index contributed by atoms with van der Waals surface area (Å²) in [4.78, 5) is 10.2. The molecule has 0 fully saturated rings. The maximum Gasteiger partial charge on any atom is 0.180 e. The van der Waals surface area contributed by atoms with Crippen LogP contribution in [-0.4, -0.2) is 30.9 Å². The van der Waals surface area contributed by atoms with Crippen molar-refractivity contribution >= 4 is 17.2 Å². The molecule has 1 aromatic carbocycles. The zero-order valence-electron chi connectivity index (χ0n) is 14.3. The number of ether oxygens (including phenoxy) is 1. The van der Waals surface area contributed by atoms with E-state index in [-0.39, 0.29) is 0 Å². The van der Waals surface area contributed by atoms with Gasteiger partial charge in [-0.15, -0.1) is 0 Å². The molecule has 0 radical (unpaired) electrons. The molecule has 132 valence electrons. The number of hydrogen-bond acceptors (Lipinski definition) is 6. The van der Waals surface area contributed by atoms with Crippen molar-refractivity contribution in [2.24, 2.45) is 0 Å². The third kappa shape index (κ3) is 3.04. The summed E-state index contributed by atoms with van der Waals surface area (Å²) in [6.07, 6.45) is 9.77. The Bertz CT molecular complexity index is 1040. The van der Waals surface area contributed by atoms with Crippen LogP contribution in [0.25, 0.3) is 16.9 Å². The Kier molecular flexibility index (Phi) is 4.14. The van der Waals surface area contributed by atoms with Crippen molar-refractivity contribution in [1.29, 1.82) is 0 Å². The largest absolute Gasteiger partial charge is 0.494 e. The lowest BCUT2D eigenvalue weighted by Gasteiger charge is -2.10. The van der Waals surface area contributed by atoms with Crippen LogP contribution in [0.1, 0.15) is 13.3 Å². The van der Waals surface area contributed by atoms with Crippen molar-refractivity contribution in [2.45, 2.75) is 13.3 Å². The van der Waals surface area contributed by atoms with Gasteiger partial charge in [0.25, 0.3) is 0 Å². The summed E-state index contributed by atoms with van der Waals surface area (Å²) >= 11 is 0. The molecule has 8 heteroatoms. The van der Waals surface area contributed by atoms with Crippen LogP contribution in [0.5, 0.6) is 5.75 Å². The van der Waals surface area contributed by atoms with Crippen LogP contribution in [0.2, 0.25) is 0 Å². The Morgan fingerprint density at radius 3 is 2.96 bits per heavy atom. The molecular weight excluding hydrogens is 330 g/mol. The maximum absolute atomic E-state index is 5.68. The highest BCUT2D eigenvalue weighted by atomic mass is 16.5. The topological polar surface area (TPSA) is 95.3 Å². The lowest BCUT2D eigenvalue weighted by molar-refractivity contribution is 0.317. The highest BCUT2D eigenvalue weighted by molar-refractivity contribution is 5.74. The van der Waals surface area contributed by atoms with Gasteiger partial charge < -0.3 is 15.9 Å². The molecule has 8 nitrogen and oxygen atoms in total. The number of hydrogen-bond donors (Lipinski definition) is 2. The molecule has 0 saturated carbocycles. The van der Waals surface area contributed by atoms with Gasteiger partial charge in [0.05, 0.1) is 30.9 Å². The molecule has 0 amide bonds. The molecule has 3 aromatic heterocycles. The first-order valence-electron chi connectivity index (χ1n) is 8.36. The van der Waals surface area contributed by atoms with Crippen molar-refractivity contribution in [3.05, 3.63) is 55.2 Å². The number of nitrogens with zero attached hydrogens (tertiary/aromatic N) is 5. The smallest absolute Gasteiger partial charge is 0.180 e. The number of nitrogen functional groups attached to an aromatic ring is 1. The van der Waals surface area contributed by atoms with E-state index in [0.29, 0.717) is 18.1 Å². The third-order valence-corrected chi connectivity index (χ3v) is 3.89. The highest BCUT2D eigenvalue weighted by Crippen LogP contribution is 2.26. The Balaban J connectivity index is 1.66. The molecule has 0 aliphatic heterocycles. The fourth-order valence-corrected chi connectivity index (χ4v) is 2.71. The number of rotatable bonds is 6. The lowest BCUT2D eigenvalue weighted by Crippen LogP contribution is -2.07. The van der Waals surface area contributed by atoms with E-state index in [1.807, 2.05) is 34.9 Å². The van der Waals surface area contributed by atoms with Gasteiger partial charge in [0.15, 0.2) is 11.5 Å². The number of fused-ring (bicyclic) bond motifs is 1. The summed E-state index contributed by atoms with van der Waals surface area (Å²) in [5.41, 5.74) is 3.37. The molecule has 0 aliphatic carbocycles. The quantitative estimate of drug-likeness (QED) is 0.520. The van der Waals surface area contributed by atoms with Crippen molar-refractivity contribution < 1.29 is 4.74 Å². The minimum absolute atomic E-state index is 0.659. The lowest BCUT2D eigenvalue weighted by atomic mass is 10.3. The summed E-state index contributed by atoms with van der Waals surface area (Å²) in [6, 6.07) is 7.79. The summed E-state index contributed by atoms with van der Waals surface area (Å²) in [7, 11) is 0. The molecule has 3 N–H and O–H groups in total. The molecule has 26 heavy (non-hydrogen) atoms. The molecule has 4 aromatic rings. The Hall–Kier alpha value is -3.55. The third-order valence-electron chi connectivity index (χ3n) is 3.89. The van der Waals surface area contributed by atoms with Crippen LogP contribution in [0.15, 0.2) is 55.2 Å². The first-order chi connectivity index (χ1) is 12.7. The number of benzene rings is 1. The summed E-state index contributed by atoms with van der Waals surface area (Å²) < 4.78 is 7.63. The van der Waals surface area contributed by atoms with E-state index >= 15 is 0 Å². The monoisotopic (exact) mass is 349 g/mol. The number of aromatic nitrogens is 5. The minimum atomic E-state index is 0.659. The molecular formula is C18H19N7O. The van der Waals surface area contributed by atoms with E-state index in [1.165, 1.54) is 4.79 Å². The highest BCUT2D eigenvalue weighted by Gasteiger charge is 2.12. The first-order valence-corrected chi connectivity index (χ1v) is 8.36. The molecule has 0 saturated heterocycles. The zero-order valence-corrected chi connectivity index (χ0v) is 14.3. The predicted molar refractivity (Wildman–Crippen MR) is 99.9 cm³/mol. The average molecular weight is 349 g/mol. The number of anilines is 2. The SMILES string of the molecule is CCCOc1cccc(Nc2nccn3c(-c4cnn(N)c4)cnc23)c1. The normalized spacial score (nSPS) is 11.0. The van der Waals surface area contributed by atoms with Gasteiger partial charge in [0.1, 0.15) is 5.75 Å². The maximum atomic E-state index is 5.68. The van der Waals surface area contributed by atoms with Crippen molar-refractivity contribution in [2.75, 3.05) is 17.8 Å². The zero-order chi connectivity index (χ0) is 17.9. The van der Waals surface area contributed by atoms with Crippen LogP contribution < -0.4 is 15.9 Å². The van der Waals surface area contributed by atoms with Gasteiger partial charge in [-0.3, -0.25) is 4.40 Å². The van der Waals surface area contributed by atoms with Gasteiger partial charge in [-0.25, -0.2) is 9.97 Å². The standard InChI is InChI=1S/C18H19N7O/c1-2-8-26-15-5-3-4-14(9-15)23-17-18-21-11-16(24(18)7-6-20-17)13-10-22-25(19)12-13/h3-7,9-12H,2,8,19H2,1H3,(H,20,23). The van der Waals surface area contributed by atoms with Crippen LogP contribution in [-0.2, 0) is 0 Å². The minimum Gasteiger partial charge on any atom is -0.494 e. The van der Waals surface area contributed by atoms with Crippen molar-refractivity contribution in [3.8, 4) is 17.0 Å². The van der Waals surface area contributed by atoms with Crippen molar-refractivity contribution in [1.82, 2.24) is 24.3 Å². The molecule has 0 atom stereocenters. The molecule has 4 rings (SSSR count). The Morgan fingerprint density at radius 2 is 2.15 bits per heavy atom. The summed E-state index contributed by atoms with van der Waals surface area (Å²) in [6.45, 7) is 2.77. The molecule has 0 bridgehead atoms. The number of nitrogens with one attached hydrogen (secondary N) is 1. The van der Waals surface area contributed by atoms with Crippen LogP contribution >= 0.6 is 0 Å². The van der Waals surface area contributed by atoms with Gasteiger partial charge in [0.2, 0.25) is 0 Å². The van der Waals surface area contributed by atoms with E-state index < -0.39 is 0 Å². The number of nitrogens with two attached hydrogens (primary N) is 1. The van der Waals surface area contributed by atoms with Gasteiger partial charge in [-0.05, 0) is 18.6 Å². The fourth-order valence-electron chi connectivity index (χ4n) is 2.71. The average Bonchev–Trinajstić information content (AvgIpc) is 3.27. The van der Waals surface area contributed by atoms with E-state index in [9.17, 15) is 0 Å². The van der Waals surface area contributed by atoms with Gasteiger partial charge in [0, 0.05) is 29.7 Å². The van der Waals surface area contributed by atoms with E-state index in [2.05, 4.69) is 27.3 Å². The van der Waals surface area contributed by atoms with Crippen LogP contribution in [0.4, 0.5) is 11.5 Å². The van der Waals surface area contributed by atoms with Crippen LogP contribution in [0, 0.1) is 0 Å². The Morgan fingerprint density at radius 1 is 1.23 bits per heavy atom. The van der Waals surface area contributed by atoms with Crippen molar-refractivity contribution in [3.63, 3.8) is 0 Å². The number of imidazole rings is 1. The second kappa shape index (κ2) is 6.75. The van der Waals surface area contributed by atoms with Crippen LogP contribution in [0.3, 0.4) is 0 Å². The van der Waals surface area contributed by atoms with E-state index in [0.717, 1.165) is 29.1 Å². The van der Waals surface area contributed by atoms with Gasteiger partial charge in [-0.2, -0.15) is 9.89 Å². The summed E-state index contributed by atoms with van der Waals surface area (Å²) in [5.74, 6) is 7.13. The summed E-state index contributed by atoms with van der Waals surface area (Å²) in [5, 5.41) is 7.33. The fraction of sp³-hybridized carbons (Fsp3) is 0.167. The predicted octanol–water partition coefficient (Wildman–Crippen LogP) is 2.84. The van der Waals surface area contributed by atoms with E-state index in [4.69, 9.17) is 10.6 Å². The molecule has 0 spiro atoms. The second-order valence-corrected chi connectivity index (χ2v) is 5.82. The molecule has 0 aliphatic rings. The van der Waals surface area contributed by atoms with Gasteiger partial charge in [-0.1, -0.05) is 13.0 Å². The van der Waals surface area contributed by atoms with Gasteiger partial charge >= 0.3 is 0 Å². The first kappa shape index (κ1) is 15.9. The van der Waals surface area contributed by atoms with E-state index in [1.54, 1.807) is 24.8 Å². The molecule has 0 unspecified atom stereocenters. The Labute approximate surface area is 150 Å². The second-order valence-electron chi connectivity index (χ2n) is 5.82. The molecule has 3 heterocycles.